The van der Waals surface area contributed by atoms with Crippen molar-refractivity contribution in [3.05, 3.63) is 18.2 Å². The van der Waals surface area contributed by atoms with Crippen LogP contribution in [-0.4, -0.2) is 31.7 Å². The van der Waals surface area contributed by atoms with E-state index < -0.39 is 19.8 Å². The third-order valence-corrected chi connectivity index (χ3v) is 13.1. The smallest absolute Gasteiger partial charge is 0.231 e. The molecule has 0 bridgehead atoms. The molecule has 1 radical (unpaired) electrons. The molecule has 1 aliphatic heterocycles. The third kappa shape index (κ3) is 8.73. The summed E-state index contributed by atoms with van der Waals surface area (Å²) in [5.41, 5.74) is 0. The zero-order chi connectivity index (χ0) is 16.9. The molecule has 1 aliphatic rings. The maximum absolute atomic E-state index is 8.96. The summed E-state index contributed by atoms with van der Waals surface area (Å²) in [4.78, 5) is 0. The molecule has 0 saturated heterocycles. The van der Waals surface area contributed by atoms with Gasteiger partial charge in [0.25, 0.3) is 0 Å². The Morgan fingerprint density at radius 3 is 1.91 bits per heavy atom. The number of fused-ring (bicyclic) bond motifs is 1. The molecule has 131 valence electrons. The van der Waals surface area contributed by atoms with Gasteiger partial charge in [-0.3, -0.25) is 0 Å². The SMILES string of the molecule is CCC[CH2][Sn]([CH2]CCC)[CH2]CCC.Oc1ccc2c(c1)OCO2. The van der Waals surface area contributed by atoms with E-state index in [1.54, 1.807) is 25.4 Å². The maximum Gasteiger partial charge on any atom is 0.231 e. The number of unbranched alkanes of at least 4 members (excludes halogenated alkanes) is 3. The van der Waals surface area contributed by atoms with Crippen LogP contribution in [0.25, 0.3) is 0 Å². The summed E-state index contributed by atoms with van der Waals surface area (Å²) in [5.74, 6) is 1.50. The summed E-state index contributed by atoms with van der Waals surface area (Å²) in [7, 11) is 0. The molecule has 23 heavy (non-hydrogen) atoms. The summed E-state index contributed by atoms with van der Waals surface area (Å²) in [5, 5.41) is 8.96. The normalized spacial score (nSPS) is 12.2. The van der Waals surface area contributed by atoms with Crippen molar-refractivity contribution < 1.29 is 14.6 Å². The van der Waals surface area contributed by atoms with Crippen molar-refractivity contribution in [3.63, 3.8) is 0 Å². The molecule has 0 spiro atoms. The standard InChI is InChI=1S/C7H6O3.3C4H9.Sn/c8-5-1-2-6-7(3-5)10-4-9-6;3*1-3-4-2;/h1-3,8H,4H2;3*1,3-4H2,2H3;. The third-order valence-electron chi connectivity index (χ3n) is 4.01. The van der Waals surface area contributed by atoms with Crippen LogP contribution in [0.15, 0.2) is 18.2 Å². The first kappa shape index (κ1) is 20.5. The van der Waals surface area contributed by atoms with Gasteiger partial charge in [-0.25, -0.2) is 0 Å². The molecule has 4 heteroatoms. The van der Waals surface area contributed by atoms with Crippen LogP contribution >= 0.6 is 0 Å². The molecule has 0 aromatic heterocycles. The van der Waals surface area contributed by atoms with Gasteiger partial charge in [0.2, 0.25) is 6.79 Å². The van der Waals surface area contributed by atoms with Gasteiger partial charge in [-0.05, 0) is 12.1 Å². The van der Waals surface area contributed by atoms with Crippen LogP contribution in [0.4, 0.5) is 0 Å². The first-order valence-corrected chi connectivity index (χ1v) is 15.2. The van der Waals surface area contributed by atoms with Gasteiger partial charge in [0.1, 0.15) is 5.75 Å². The van der Waals surface area contributed by atoms with Crippen molar-refractivity contribution >= 4 is 19.8 Å². The van der Waals surface area contributed by atoms with Gasteiger partial charge < -0.3 is 14.6 Å². The number of ether oxygens (including phenoxy) is 2. The van der Waals surface area contributed by atoms with Gasteiger partial charge in [-0.15, -0.1) is 0 Å². The van der Waals surface area contributed by atoms with Crippen LogP contribution in [0.1, 0.15) is 59.3 Å². The Morgan fingerprint density at radius 1 is 0.870 bits per heavy atom. The topological polar surface area (TPSA) is 38.7 Å². The number of rotatable bonds is 9. The summed E-state index contributed by atoms with van der Waals surface area (Å²) in [6.45, 7) is 7.25. The molecule has 1 N–H and O–H groups in total. The van der Waals surface area contributed by atoms with E-state index in [1.807, 2.05) is 0 Å². The molecule has 0 fully saturated rings. The number of hydrogen-bond donors (Lipinski definition) is 1. The van der Waals surface area contributed by atoms with Crippen LogP contribution in [0.2, 0.25) is 13.3 Å². The molecule has 0 atom stereocenters. The Morgan fingerprint density at radius 2 is 1.39 bits per heavy atom. The zero-order valence-corrected chi connectivity index (χ0v) is 17.9. The molecular weight excluding hydrogens is 395 g/mol. The van der Waals surface area contributed by atoms with E-state index in [0.29, 0.717) is 11.5 Å². The van der Waals surface area contributed by atoms with Gasteiger partial charge in [0.15, 0.2) is 11.5 Å². The van der Waals surface area contributed by atoms with Crippen LogP contribution in [0, 0.1) is 0 Å². The van der Waals surface area contributed by atoms with Crippen LogP contribution in [0.3, 0.4) is 0 Å². The van der Waals surface area contributed by atoms with Gasteiger partial charge in [-0.1, -0.05) is 0 Å². The van der Waals surface area contributed by atoms with E-state index in [0.717, 1.165) is 0 Å². The largest absolute Gasteiger partial charge is 0.508 e. The fourth-order valence-electron chi connectivity index (χ4n) is 2.54. The van der Waals surface area contributed by atoms with Crippen molar-refractivity contribution in [1.29, 1.82) is 0 Å². The van der Waals surface area contributed by atoms with Crippen molar-refractivity contribution in [1.82, 2.24) is 0 Å². The minimum Gasteiger partial charge on any atom is -0.508 e. The molecule has 3 nitrogen and oxygen atoms in total. The van der Waals surface area contributed by atoms with Gasteiger partial charge in [-0.2, -0.15) is 0 Å². The average molecular weight is 428 g/mol. The molecule has 1 aromatic rings. The van der Waals surface area contributed by atoms with Crippen molar-refractivity contribution in [3.8, 4) is 17.2 Å². The van der Waals surface area contributed by atoms with Crippen LogP contribution in [-0.2, 0) is 0 Å². The first-order valence-electron chi connectivity index (χ1n) is 9.13. The van der Waals surface area contributed by atoms with Gasteiger partial charge >= 0.3 is 92.4 Å². The van der Waals surface area contributed by atoms with Crippen molar-refractivity contribution in [2.24, 2.45) is 0 Å². The Balaban J connectivity index is 0.000000235. The second-order valence-electron chi connectivity index (χ2n) is 6.10. The van der Waals surface area contributed by atoms with E-state index >= 15 is 0 Å². The minimum absolute atomic E-state index is 0.198. The molecule has 1 aromatic carbocycles. The minimum atomic E-state index is -0.839. The number of phenolic OH excluding ortho intramolecular Hbond substituents is 1. The molecule has 0 saturated carbocycles. The summed E-state index contributed by atoms with van der Waals surface area (Å²) < 4.78 is 15.1. The predicted octanol–water partition coefficient (Wildman–Crippen LogP) is 6.00. The molecule has 0 unspecified atom stereocenters. The molecular formula is C19H33O3Sn. The first-order chi connectivity index (χ1) is 11.2. The second kappa shape index (κ2) is 12.8. The summed E-state index contributed by atoms with van der Waals surface area (Å²) in [6.07, 6.45) is 8.85. The van der Waals surface area contributed by atoms with E-state index in [9.17, 15) is 0 Å². The quantitative estimate of drug-likeness (QED) is 0.491. The van der Waals surface area contributed by atoms with E-state index in [-0.39, 0.29) is 12.5 Å². The predicted molar refractivity (Wildman–Crippen MR) is 99.1 cm³/mol. The fraction of sp³-hybridized carbons (Fsp3) is 0.684. The zero-order valence-electron chi connectivity index (χ0n) is 15.1. The van der Waals surface area contributed by atoms with Gasteiger partial charge in [0, 0.05) is 6.07 Å². The van der Waals surface area contributed by atoms with Crippen molar-refractivity contribution in [2.45, 2.75) is 72.6 Å². The monoisotopic (exact) mass is 429 g/mol. The molecule has 2 rings (SSSR count). The Hall–Kier alpha value is -0.581. The van der Waals surface area contributed by atoms with Gasteiger partial charge in [0.05, 0.1) is 0 Å². The Bertz CT molecular complexity index is 404. The molecule has 1 heterocycles. The van der Waals surface area contributed by atoms with E-state index in [2.05, 4.69) is 20.8 Å². The summed E-state index contributed by atoms with van der Waals surface area (Å²) >= 11 is -0.839. The average Bonchev–Trinajstić information content (AvgIpc) is 3.02. The maximum atomic E-state index is 8.96. The number of aromatic hydroxyl groups is 1. The van der Waals surface area contributed by atoms with Crippen LogP contribution < -0.4 is 9.47 Å². The number of benzene rings is 1. The van der Waals surface area contributed by atoms with E-state index in [4.69, 9.17) is 14.6 Å². The number of phenols is 1. The summed E-state index contributed by atoms with van der Waals surface area (Å²) in [6, 6.07) is 4.77. The number of hydrogen-bond acceptors (Lipinski definition) is 3. The Labute approximate surface area is 149 Å². The van der Waals surface area contributed by atoms with E-state index in [1.165, 1.54) is 44.6 Å². The molecule has 0 amide bonds. The second-order valence-corrected chi connectivity index (χ2v) is 14.7. The van der Waals surface area contributed by atoms with Crippen molar-refractivity contribution in [2.75, 3.05) is 6.79 Å². The fourth-order valence-corrected chi connectivity index (χ4v) is 12.0. The van der Waals surface area contributed by atoms with Crippen LogP contribution in [0.5, 0.6) is 17.2 Å². The Kier molecular flexibility index (Phi) is 11.4. The molecule has 0 aliphatic carbocycles.